The average molecular weight is 417 g/mol. The summed E-state index contributed by atoms with van der Waals surface area (Å²) in [5.41, 5.74) is 0.594. The van der Waals surface area contributed by atoms with E-state index in [-0.39, 0.29) is 10.1 Å². The van der Waals surface area contributed by atoms with Crippen molar-refractivity contribution in [2.75, 3.05) is 0 Å². The zero-order valence-corrected chi connectivity index (χ0v) is 21.2. The van der Waals surface area contributed by atoms with E-state index >= 15 is 0 Å². The van der Waals surface area contributed by atoms with Gasteiger partial charge in [0.1, 0.15) is 5.75 Å². The summed E-state index contributed by atoms with van der Waals surface area (Å²) in [7, 11) is -4.26. The van der Waals surface area contributed by atoms with E-state index in [1.54, 1.807) is 0 Å². The monoisotopic (exact) mass is 416 g/mol. The van der Waals surface area contributed by atoms with Crippen LogP contribution in [-0.4, -0.2) is 22.9 Å². The molecule has 0 bridgehead atoms. The van der Waals surface area contributed by atoms with Crippen LogP contribution < -0.4 is 8.85 Å². The SMILES string of the molecule is CC(C)(C)[Si](C)(C)Oc1cc2ccccc2c(C=O)c1O[Si](C)(C)C(C)(C)C. The van der Waals surface area contributed by atoms with Gasteiger partial charge in [-0.05, 0) is 53.1 Å². The molecule has 0 aliphatic carbocycles. The lowest BCUT2D eigenvalue weighted by atomic mass is 10.0. The molecule has 0 radical (unpaired) electrons. The molecule has 2 aromatic carbocycles. The zero-order valence-electron chi connectivity index (χ0n) is 19.2. The predicted molar refractivity (Wildman–Crippen MR) is 125 cm³/mol. The van der Waals surface area contributed by atoms with E-state index < -0.39 is 16.6 Å². The molecule has 5 heteroatoms. The first-order valence-corrected chi connectivity index (χ1v) is 15.8. The second kappa shape index (κ2) is 7.34. The number of fused-ring (bicyclic) bond motifs is 1. The molecule has 28 heavy (non-hydrogen) atoms. The van der Waals surface area contributed by atoms with E-state index in [2.05, 4.69) is 67.7 Å². The van der Waals surface area contributed by atoms with Crippen LogP contribution >= 0.6 is 0 Å². The van der Waals surface area contributed by atoms with Gasteiger partial charge in [-0.15, -0.1) is 0 Å². The van der Waals surface area contributed by atoms with Crippen LogP contribution in [0.5, 0.6) is 11.5 Å². The number of aldehydes is 1. The molecule has 154 valence electrons. The highest BCUT2D eigenvalue weighted by molar-refractivity contribution is 6.75. The molecule has 0 spiro atoms. The average Bonchev–Trinajstić information content (AvgIpc) is 2.52. The Morgan fingerprint density at radius 3 is 1.82 bits per heavy atom. The van der Waals surface area contributed by atoms with E-state index in [1.165, 1.54) is 0 Å². The van der Waals surface area contributed by atoms with Gasteiger partial charge in [0.15, 0.2) is 12.0 Å². The van der Waals surface area contributed by atoms with Crippen LogP contribution in [-0.2, 0) is 0 Å². The van der Waals surface area contributed by atoms with Crippen LogP contribution in [0, 0.1) is 0 Å². The lowest BCUT2D eigenvalue weighted by molar-refractivity contribution is 0.112. The van der Waals surface area contributed by atoms with Crippen molar-refractivity contribution < 1.29 is 13.6 Å². The molecule has 0 aliphatic heterocycles. The van der Waals surface area contributed by atoms with Gasteiger partial charge in [0.25, 0.3) is 16.6 Å². The summed E-state index contributed by atoms with van der Waals surface area (Å²) in [6.45, 7) is 22.1. The highest BCUT2D eigenvalue weighted by Gasteiger charge is 2.42. The van der Waals surface area contributed by atoms with Crippen molar-refractivity contribution in [3.8, 4) is 11.5 Å². The second-order valence-electron chi connectivity index (χ2n) is 10.7. The summed E-state index contributed by atoms with van der Waals surface area (Å²) in [5, 5.41) is 1.98. The molecule has 0 saturated carbocycles. The van der Waals surface area contributed by atoms with E-state index in [1.807, 2.05) is 30.3 Å². The molecule has 2 aromatic rings. The van der Waals surface area contributed by atoms with Crippen LogP contribution in [0.15, 0.2) is 30.3 Å². The van der Waals surface area contributed by atoms with Crippen molar-refractivity contribution in [1.29, 1.82) is 0 Å². The van der Waals surface area contributed by atoms with E-state index in [9.17, 15) is 4.79 Å². The molecule has 3 nitrogen and oxygen atoms in total. The number of carbonyl (C=O) groups is 1. The highest BCUT2D eigenvalue weighted by Crippen LogP contribution is 2.46. The van der Waals surface area contributed by atoms with Gasteiger partial charge in [0.05, 0.1) is 5.56 Å². The Bertz CT molecular complexity index is 872. The number of hydrogen-bond acceptors (Lipinski definition) is 3. The van der Waals surface area contributed by atoms with Crippen molar-refractivity contribution in [2.45, 2.75) is 77.8 Å². The van der Waals surface area contributed by atoms with Crippen molar-refractivity contribution in [3.63, 3.8) is 0 Å². The minimum atomic E-state index is -2.16. The third-order valence-corrected chi connectivity index (χ3v) is 15.1. The number of benzene rings is 2. The van der Waals surface area contributed by atoms with Crippen LogP contribution in [0.3, 0.4) is 0 Å². The maximum Gasteiger partial charge on any atom is 0.250 e. The maximum atomic E-state index is 12.2. The third kappa shape index (κ3) is 4.35. The zero-order chi connectivity index (χ0) is 21.5. The summed E-state index contributed by atoms with van der Waals surface area (Å²) < 4.78 is 13.4. The molecule has 0 aromatic heterocycles. The molecule has 0 unspecified atom stereocenters. The maximum absolute atomic E-state index is 12.2. The summed E-state index contributed by atoms with van der Waals surface area (Å²) in [6, 6.07) is 10.00. The quantitative estimate of drug-likeness (QED) is 0.376. The lowest BCUT2D eigenvalue weighted by Crippen LogP contribution is -2.46. The van der Waals surface area contributed by atoms with Gasteiger partial charge in [-0.3, -0.25) is 4.79 Å². The molecule has 0 saturated heterocycles. The van der Waals surface area contributed by atoms with Gasteiger partial charge in [0.2, 0.25) is 0 Å². The van der Waals surface area contributed by atoms with E-state index in [0.717, 1.165) is 17.1 Å². The van der Waals surface area contributed by atoms with E-state index in [0.29, 0.717) is 17.1 Å². The molecular formula is C23H36O3Si2. The molecular weight excluding hydrogens is 380 g/mol. The first-order chi connectivity index (χ1) is 12.6. The fourth-order valence-corrected chi connectivity index (χ4v) is 4.50. The van der Waals surface area contributed by atoms with Gasteiger partial charge in [0, 0.05) is 0 Å². The molecule has 2 rings (SSSR count). The van der Waals surface area contributed by atoms with Crippen LogP contribution in [0.2, 0.25) is 36.3 Å². The second-order valence-corrected chi connectivity index (χ2v) is 20.1. The molecule has 0 fully saturated rings. The predicted octanol–water partition coefficient (Wildman–Crippen LogP) is 7.42. The minimum absolute atomic E-state index is 0.0209. The Morgan fingerprint density at radius 2 is 1.32 bits per heavy atom. The van der Waals surface area contributed by atoms with Gasteiger partial charge < -0.3 is 8.85 Å². The standard InChI is InChI=1S/C23H36O3Si2/c1-22(2,3)27(7,8)25-20-15-17-13-11-12-14-18(17)19(16-24)21(20)26-28(9,10)23(4,5)6/h11-16H,1-10H3. The van der Waals surface area contributed by atoms with E-state index in [4.69, 9.17) is 8.85 Å². The molecule has 0 amide bonds. The van der Waals surface area contributed by atoms with Gasteiger partial charge in [-0.25, -0.2) is 0 Å². The smallest absolute Gasteiger partial charge is 0.250 e. The molecule has 0 atom stereocenters. The Kier molecular flexibility index (Phi) is 5.95. The summed E-state index contributed by atoms with van der Waals surface area (Å²) in [5.74, 6) is 1.32. The summed E-state index contributed by atoms with van der Waals surface area (Å²) >= 11 is 0. The molecule has 0 N–H and O–H groups in total. The first kappa shape index (κ1) is 22.7. The highest BCUT2D eigenvalue weighted by atomic mass is 28.4. The van der Waals surface area contributed by atoms with Gasteiger partial charge in [-0.2, -0.15) is 0 Å². The Labute approximate surface area is 172 Å². The summed E-state index contributed by atoms with van der Waals surface area (Å²) in [6.07, 6.45) is 0.920. The van der Waals surface area contributed by atoms with Crippen LogP contribution in [0.25, 0.3) is 10.8 Å². The topological polar surface area (TPSA) is 35.5 Å². The summed E-state index contributed by atoms with van der Waals surface area (Å²) in [4.78, 5) is 12.2. The Hall–Kier alpha value is -1.60. The van der Waals surface area contributed by atoms with Crippen molar-refractivity contribution in [2.24, 2.45) is 0 Å². The lowest BCUT2D eigenvalue weighted by Gasteiger charge is -2.40. The number of hydrogen-bond donors (Lipinski definition) is 0. The first-order valence-electron chi connectivity index (χ1n) is 10.00. The van der Waals surface area contributed by atoms with Crippen molar-refractivity contribution in [3.05, 3.63) is 35.9 Å². The number of carbonyl (C=O) groups excluding carboxylic acids is 1. The normalized spacial score (nSPS) is 13.5. The fourth-order valence-electron chi connectivity index (χ4n) is 2.46. The third-order valence-electron chi connectivity index (χ3n) is 6.46. The largest absolute Gasteiger partial charge is 0.541 e. The molecule has 0 heterocycles. The van der Waals surface area contributed by atoms with Crippen molar-refractivity contribution in [1.82, 2.24) is 0 Å². The van der Waals surface area contributed by atoms with Crippen molar-refractivity contribution >= 4 is 33.7 Å². The number of rotatable bonds is 5. The fraction of sp³-hybridized carbons (Fsp3) is 0.522. The van der Waals surface area contributed by atoms with Crippen LogP contribution in [0.4, 0.5) is 0 Å². The van der Waals surface area contributed by atoms with Crippen LogP contribution in [0.1, 0.15) is 51.9 Å². The van der Waals surface area contributed by atoms with Gasteiger partial charge in [-0.1, -0.05) is 65.8 Å². The molecule has 0 aliphatic rings. The minimum Gasteiger partial charge on any atom is -0.541 e. The van der Waals surface area contributed by atoms with Gasteiger partial charge >= 0.3 is 0 Å². The Balaban J connectivity index is 2.75. The Morgan fingerprint density at radius 1 is 0.821 bits per heavy atom.